The number of aliphatic carboxylic acids is 1. The predicted molar refractivity (Wildman–Crippen MR) is 101 cm³/mol. The lowest BCUT2D eigenvalue weighted by molar-refractivity contribution is -0.385. The molecule has 0 aliphatic rings. The SMILES string of the molecule is N=C(N)c1ccc(-c2ccc(OCCCCCC(=O)O)c([N+](=O)[O-])c2)cc1. The smallest absolute Gasteiger partial charge is 0.311 e. The zero-order valence-electron chi connectivity index (χ0n) is 14.7. The van der Waals surface area contributed by atoms with Gasteiger partial charge < -0.3 is 15.6 Å². The van der Waals surface area contributed by atoms with Gasteiger partial charge in [-0.25, -0.2) is 0 Å². The molecule has 0 heterocycles. The minimum absolute atomic E-state index is 0.0420. The van der Waals surface area contributed by atoms with Crippen LogP contribution in [0.3, 0.4) is 0 Å². The highest BCUT2D eigenvalue weighted by Crippen LogP contribution is 2.32. The molecule has 8 heteroatoms. The normalized spacial score (nSPS) is 10.4. The molecule has 0 bridgehead atoms. The topological polar surface area (TPSA) is 140 Å². The average Bonchev–Trinajstić information content (AvgIpc) is 2.64. The van der Waals surface area contributed by atoms with E-state index in [1.165, 1.54) is 6.07 Å². The largest absolute Gasteiger partial charge is 0.487 e. The van der Waals surface area contributed by atoms with E-state index in [1.54, 1.807) is 36.4 Å². The van der Waals surface area contributed by atoms with Crippen LogP contribution >= 0.6 is 0 Å². The van der Waals surface area contributed by atoms with Gasteiger partial charge in [-0.3, -0.25) is 20.3 Å². The van der Waals surface area contributed by atoms with Crippen LogP contribution < -0.4 is 10.5 Å². The molecule has 0 spiro atoms. The van der Waals surface area contributed by atoms with Crippen molar-refractivity contribution in [2.24, 2.45) is 5.73 Å². The molecule has 2 aromatic carbocycles. The van der Waals surface area contributed by atoms with E-state index >= 15 is 0 Å². The number of nitrogens with two attached hydrogens (primary N) is 1. The standard InChI is InChI=1S/C19H21N3O5/c20-19(21)14-7-5-13(6-8-14)15-9-10-17(16(12-15)22(25)26)27-11-3-1-2-4-18(23)24/h5-10,12H,1-4,11H2,(H3,20,21)(H,23,24). The fourth-order valence-electron chi connectivity index (χ4n) is 2.54. The van der Waals surface area contributed by atoms with Crippen LogP contribution in [0.15, 0.2) is 42.5 Å². The van der Waals surface area contributed by atoms with Crippen LogP contribution in [0.4, 0.5) is 5.69 Å². The highest BCUT2D eigenvalue weighted by Gasteiger charge is 2.16. The summed E-state index contributed by atoms with van der Waals surface area (Å²) in [6.07, 6.45) is 1.96. The van der Waals surface area contributed by atoms with E-state index in [4.69, 9.17) is 21.0 Å². The lowest BCUT2D eigenvalue weighted by Crippen LogP contribution is -2.10. The number of unbranched alkanes of at least 4 members (excludes halogenated alkanes) is 2. The summed E-state index contributed by atoms with van der Waals surface area (Å²) in [6, 6.07) is 11.6. The summed E-state index contributed by atoms with van der Waals surface area (Å²) in [4.78, 5) is 21.3. The second-order valence-corrected chi connectivity index (χ2v) is 5.98. The van der Waals surface area contributed by atoms with Crippen molar-refractivity contribution in [2.45, 2.75) is 25.7 Å². The maximum atomic E-state index is 11.4. The molecule has 0 fully saturated rings. The molecule has 4 N–H and O–H groups in total. The van der Waals surface area contributed by atoms with Crippen molar-refractivity contribution < 1.29 is 19.6 Å². The van der Waals surface area contributed by atoms with Crippen molar-refractivity contribution in [3.63, 3.8) is 0 Å². The van der Waals surface area contributed by atoms with E-state index in [0.29, 0.717) is 30.4 Å². The van der Waals surface area contributed by atoms with Gasteiger partial charge in [0.2, 0.25) is 0 Å². The number of carbonyl (C=O) groups is 1. The Morgan fingerprint density at radius 3 is 2.37 bits per heavy atom. The summed E-state index contributed by atoms with van der Waals surface area (Å²) in [5.41, 5.74) is 7.30. The number of nitrogens with one attached hydrogen (secondary N) is 1. The van der Waals surface area contributed by atoms with Gasteiger partial charge in [0.25, 0.3) is 0 Å². The number of nitrogen functional groups attached to an aromatic ring is 1. The van der Waals surface area contributed by atoms with Gasteiger partial charge in [-0.15, -0.1) is 0 Å². The molecular formula is C19H21N3O5. The first-order valence-corrected chi connectivity index (χ1v) is 8.46. The van der Waals surface area contributed by atoms with Crippen LogP contribution in [0.2, 0.25) is 0 Å². The maximum Gasteiger partial charge on any atom is 0.311 e. The molecule has 0 aromatic heterocycles. The van der Waals surface area contributed by atoms with Crippen LogP contribution in [0.5, 0.6) is 5.75 Å². The van der Waals surface area contributed by atoms with E-state index < -0.39 is 10.9 Å². The summed E-state index contributed by atoms with van der Waals surface area (Å²) in [5.74, 6) is -0.694. The van der Waals surface area contributed by atoms with Gasteiger partial charge in [-0.2, -0.15) is 0 Å². The van der Waals surface area contributed by atoms with Crippen molar-refractivity contribution in [1.82, 2.24) is 0 Å². The third-order valence-corrected chi connectivity index (χ3v) is 3.98. The average molecular weight is 371 g/mol. The molecule has 0 saturated carbocycles. The highest BCUT2D eigenvalue weighted by atomic mass is 16.6. The fraction of sp³-hybridized carbons (Fsp3) is 0.263. The third kappa shape index (κ3) is 5.81. The quantitative estimate of drug-likeness (QED) is 0.192. The minimum Gasteiger partial charge on any atom is -0.487 e. The summed E-state index contributed by atoms with van der Waals surface area (Å²) in [6.45, 7) is 0.285. The first-order valence-electron chi connectivity index (χ1n) is 8.46. The molecule has 0 atom stereocenters. The molecule has 0 unspecified atom stereocenters. The Labute approximate surface area is 156 Å². The minimum atomic E-state index is -0.835. The number of hydrogen-bond acceptors (Lipinski definition) is 5. The second-order valence-electron chi connectivity index (χ2n) is 5.98. The maximum absolute atomic E-state index is 11.4. The summed E-state index contributed by atoms with van der Waals surface area (Å²) in [5, 5.41) is 27.4. The number of ether oxygens (including phenoxy) is 1. The predicted octanol–water partition coefficient (Wildman–Crippen LogP) is 3.57. The summed E-state index contributed by atoms with van der Waals surface area (Å²) in [7, 11) is 0. The molecule has 0 amide bonds. The van der Waals surface area contributed by atoms with Crippen molar-refractivity contribution in [1.29, 1.82) is 5.41 Å². The molecule has 2 aromatic rings. The molecule has 27 heavy (non-hydrogen) atoms. The van der Waals surface area contributed by atoms with Crippen LogP contribution in [-0.4, -0.2) is 28.4 Å². The fourth-order valence-corrected chi connectivity index (χ4v) is 2.54. The van der Waals surface area contributed by atoms with Gasteiger partial charge in [-0.1, -0.05) is 30.3 Å². The number of nitro groups is 1. The van der Waals surface area contributed by atoms with Crippen molar-refractivity contribution in [3.8, 4) is 16.9 Å². The molecule has 142 valence electrons. The van der Waals surface area contributed by atoms with Gasteiger partial charge in [0.1, 0.15) is 5.84 Å². The van der Waals surface area contributed by atoms with Gasteiger partial charge in [-0.05, 0) is 36.5 Å². The van der Waals surface area contributed by atoms with E-state index in [2.05, 4.69) is 0 Å². The Morgan fingerprint density at radius 1 is 1.11 bits per heavy atom. The molecule has 0 saturated heterocycles. The van der Waals surface area contributed by atoms with Gasteiger partial charge in [0.05, 0.1) is 11.5 Å². The first kappa shape index (κ1) is 19.9. The van der Waals surface area contributed by atoms with Gasteiger partial charge in [0.15, 0.2) is 5.75 Å². The molecule has 0 aliphatic carbocycles. The van der Waals surface area contributed by atoms with E-state index in [-0.39, 0.29) is 30.3 Å². The molecular weight excluding hydrogens is 350 g/mol. The molecule has 2 rings (SSSR count). The number of carboxylic acid groups (broad SMARTS) is 1. The van der Waals surface area contributed by atoms with Crippen LogP contribution in [0.1, 0.15) is 31.2 Å². The number of rotatable bonds is 10. The van der Waals surface area contributed by atoms with Crippen LogP contribution in [0, 0.1) is 15.5 Å². The van der Waals surface area contributed by atoms with Crippen molar-refractivity contribution >= 4 is 17.5 Å². The van der Waals surface area contributed by atoms with E-state index in [9.17, 15) is 14.9 Å². The number of benzene rings is 2. The first-order chi connectivity index (χ1) is 12.9. The third-order valence-electron chi connectivity index (χ3n) is 3.98. The number of carboxylic acids is 1. The summed E-state index contributed by atoms with van der Waals surface area (Å²) < 4.78 is 5.51. The van der Waals surface area contributed by atoms with Gasteiger partial charge >= 0.3 is 11.7 Å². The Kier molecular flexibility index (Phi) is 6.87. The Morgan fingerprint density at radius 2 is 1.78 bits per heavy atom. The number of nitrogens with zero attached hydrogens (tertiary/aromatic N) is 1. The van der Waals surface area contributed by atoms with Crippen molar-refractivity contribution in [2.75, 3.05) is 6.61 Å². The lowest BCUT2D eigenvalue weighted by atomic mass is 10.0. The monoisotopic (exact) mass is 371 g/mol. The highest BCUT2D eigenvalue weighted by molar-refractivity contribution is 5.95. The molecule has 0 radical (unpaired) electrons. The van der Waals surface area contributed by atoms with Gasteiger partial charge in [0, 0.05) is 18.1 Å². The van der Waals surface area contributed by atoms with E-state index in [0.717, 1.165) is 5.56 Å². The molecule has 8 nitrogen and oxygen atoms in total. The van der Waals surface area contributed by atoms with Crippen LogP contribution in [-0.2, 0) is 4.79 Å². The Hall–Kier alpha value is -3.42. The second kappa shape index (κ2) is 9.33. The zero-order chi connectivity index (χ0) is 19.8. The lowest BCUT2D eigenvalue weighted by Gasteiger charge is -2.09. The Balaban J connectivity index is 2.06. The summed E-state index contributed by atoms with van der Waals surface area (Å²) >= 11 is 0. The van der Waals surface area contributed by atoms with Crippen LogP contribution in [0.25, 0.3) is 11.1 Å². The Bertz CT molecular complexity index is 834. The number of amidine groups is 1. The zero-order valence-corrected chi connectivity index (χ0v) is 14.7. The molecule has 0 aliphatic heterocycles. The van der Waals surface area contributed by atoms with Crippen molar-refractivity contribution in [3.05, 3.63) is 58.1 Å². The number of hydrogen-bond donors (Lipinski definition) is 3. The van der Waals surface area contributed by atoms with E-state index in [1.807, 2.05) is 0 Å². The number of nitro benzene ring substituents is 1.